The van der Waals surface area contributed by atoms with E-state index in [1.165, 1.54) is 12.8 Å². The highest BCUT2D eigenvalue weighted by Crippen LogP contribution is 2.18. The summed E-state index contributed by atoms with van der Waals surface area (Å²) in [6.45, 7) is 7.03. The second-order valence-electron chi connectivity index (χ2n) is 5.20. The number of nitrogens with one attached hydrogen (secondary N) is 1. The Morgan fingerprint density at radius 2 is 2.11 bits per heavy atom. The van der Waals surface area contributed by atoms with E-state index in [1.54, 1.807) is 6.20 Å². The Bertz CT molecular complexity index is 394. The number of rotatable bonds is 4. The fourth-order valence-corrected chi connectivity index (χ4v) is 2.07. The molecule has 1 fully saturated rings. The minimum atomic E-state index is -0.0864. The number of hydrogen-bond donors (Lipinski definition) is 1. The van der Waals surface area contributed by atoms with E-state index in [2.05, 4.69) is 29.0 Å². The Hall–Kier alpha value is -1.58. The molecule has 1 aromatic heterocycles. The number of amides is 1. The molecule has 0 saturated carbocycles. The summed E-state index contributed by atoms with van der Waals surface area (Å²) >= 11 is 0. The molecule has 1 N–H and O–H groups in total. The summed E-state index contributed by atoms with van der Waals surface area (Å²) in [7, 11) is 0. The number of nitrogens with zero attached hydrogens (tertiary/aromatic N) is 2. The molecule has 4 heteroatoms. The molecule has 0 radical (unpaired) electrons. The van der Waals surface area contributed by atoms with Crippen LogP contribution >= 0.6 is 0 Å². The average molecular weight is 247 g/mol. The number of anilines is 1. The van der Waals surface area contributed by atoms with Gasteiger partial charge in [-0.1, -0.05) is 13.8 Å². The van der Waals surface area contributed by atoms with Crippen LogP contribution in [0.2, 0.25) is 0 Å². The average Bonchev–Trinajstić information content (AvgIpc) is 2.90. The van der Waals surface area contributed by atoms with Crippen molar-refractivity contribution in [2.45, 2.75) is 26.7 Å². The summed E-state index contributed by atoms with van der Waals surface area (Å²) in [5.74, 6) is 0.370. The van der Waals surface area contributed by atoms with Gasteiger partial charge in [-0.2, -0.15) is 0 Å². The van der Waals surface area contributed by atoms with Crippen LogP contribution in [0.5, 0.6) is 0 Å². The number of aromatic nitrogens is 1. The maximum atomic E-state index is 11.8. The van der Waals surface area contributed by atoms with Gasteiger partial charge < -0.3 is 10.2 Å². The molecule has 1 aliphatic heterocycles. The maximum Gasteiger partial charge on any atom is 0.269 e. The number of hydrogen-bond acceptors (Lipinski definition) is 3. The fraction of sp³-hybridized carbons (Fsp3) is 0.571. The third kappa shape index (κ3) is 3.22. The van der Waals surface area contributed by atoms with Crippen molar-refractivity contribution in [1.29, 1.82) is 0 Å². The van der Waals surface area contributed by atoms with Crippen LogP contribution in [0.3, 0.4) is 0 Å². The van der Waals surface area contributed by atoms with E-state index >= 15 is 0 Å². The molecule has 0 spiro atoms. The second kappa shape index (κ2) is 5.85. The summed E-state index contributed by atoms with van der Waals surface area (Å²) < 4.78 is 0. The van der Waals surface area contributed by atoms with E-state index < -0.39 is 0 Å². The van der Waals surface area contributed by atoms with Crippen molar-refractivity contribution < 1.29 is 4.79 Å². The van der Waals surface area contributed by atoms with Crippen molar-refractivity contribution in [2.24, 2.45) is 5.92 Å². The van der Waals surface area contributed by atoms with Gasteiger partial charge in [0.1, 0.15) is 5.69 Å². The third-order valence-corrected chi connectivity index (χ3v) is 3.12. The van der Waals surface area contributed by atoms with Crippen LogP contribution in [0.1, 0.15) is 37.2 Å². The van der Waals surface area contributed by atoms with Gasteiger partial charge >= 0.3 is 0 Å². The molecule has 98 valence electrons. The van der Waals surface area contributed by atoms with Crippen LogP contribution in [0.25, 0.3) is 0 Å². The molecule has 0 aromatic carbocycles. The van der Waals surface area contributed by atoms with Crippen molar-refractivity contribution in [3.63, 3.8) is 0 Å². The predicted molar refractivity (Wildman–Crippen MR) is 72.9 cm³/mol. The van der Waals surface area contributed by atoms with E-state index in [4.69, 9.17) is 0 Å². The van der Waals surface area contributed by atoms with Gasteiger partial charge in [-0.15, -0.1) is 0 Å². The van der Waals surface area contributed by atoms with Crippen molar-refractivity contribution in [2.75, 3.05) is 24.5 Å². The van der Waals surface area contributed by atoms with Crippen LogP contribution in [-0.2, 0) is 0 Å². The van der Waals surface area contributed by atoms with E-state index in [0.717, 1.165) is 18.8 Å². The first-order valence-corrected chi connectivity index (χ1v) is 6.66. The maximum absolute atomic E-state index is 11.8. The minimum Gasteiger partial charge on any atom is -0.370 e. The lowest BCUT2D eigenvalue weighted by Gasteiger charge is -2.17. The highest BCUT2D eigenvalue weighted by atomic mass is 16.1. The molecule has 0 atom stereocenters. The Kier molecular flexibility index (Phi) is 4.18. The van der Waals surface area contributed by atoms with Gasteiger partial charge in [0.15, 0.2) is 0 Å². The molecular weight excluding hydrogens is 226 g/mol. The van der Waals surface area contributed by atoms with Crippen molar-refractivity contribution in [1.82, 2.24) is 10.3 Å². The van der Waals surface area contributed by atoms with Crippen molar-refractivity contribution in [3.05, 3.63) is 24.0 Å². The van der Waals surface area contributed by atoms with Gasteiger partial charge in [-0.05, 0) is 30.9 Å². The zero-order valence-corrected chi connectivity index (χ0v) is 11.1. The van der Waals surface area contributed by atoms with Crippen LogP contribution in [-0.4, -0.2) is 30.5 Å². The van der Waals surface area contributed by atoms with E-state index in [0.29, 0.717) is 18.2 Å². The van der Waals surface area contributed by atoms with Gasteiger partial charge in [0.05, 0.1) is 11.9 Å². The summed E-state index contributed by atoms with van der Waals surface area (Å²) in [5, 5.41) is 2.87. The third-order valence-electron chi connectivity index (χ3n) is 3.12. The molecule has 2 heterocycles. The molecule has 1 aromatic rings. The van der Waals surface area contributed by atoms with Crippen LogP contribution in [0.15, 0.2) is 18.3 Å². The summed E-state index contributed by atoms with van der Waals surface area (Å²) in [6, 6.07) is 3.80. The van der Waals surface area contributed by atoms with E-state index in [1.807, 2.05) is 12.1 Å². The first-order valence-electron chi connectivity index (χ1n) is 6.66. The molecule has 1 saturated heterocycles. The van der Waals surface area contributed by atoms with E-state index in [9.17, 15) is 4.79 Å². The second-order valence-corrected chi connectivity index (χ2v) is 5.20. The lowest BCUT2D eigenvalue weighted by molar-refractivity contribution is 0.0944. The monoisotopic (exact) mass is 247 g/mol. The zero-order chi connectivity index (χ0) is 13.0. The molecule has 1 amide bonds. The predicted octanol–water partition coefficient (Wildman–Crippen LogP) is 2.07. The molecule has 4 nitrogen and oxygen atoms in total. The normalized spacial score (nSPS) is 15.2. The molecule has 1 aliphatic rings. The van der Waals surface area contributed by atoms with Crippen LogP contribution in [0.4, 0.5) is 5.69 Å². The molecule has 18 heavy (non-hydrogen) atoms. The van der Waals surface area contributed by atoms with Crippen molar-refractivity contribution in [3.8, 4) is 0 Å². The van der Waals surface area contributed by atoms with Crippen molar-refractivity contribution >= 4 is 11.6 Å². The molecule has 0 bridgehead atoms. The highest BCUT2D eigenvalue weighted by molar-refractivity contribution is 5.92. The Morgan fingerprint density at radius 1 is 1.39 bits per heavy atom. The summed E-state index contributed by atoms with van der Waals surface area (Å²) in [5.41, 5.74) is 1.62. The standard InChI is InChI=1S/C14H21N3O/c1-11(2)9-16-14(18)13-6-5-12(10-15-13)17-7-3-4-8-17/h5-6,10-11H,3-4,7-9H2,1-2H3,(H,16,18). The van der Waals surface area contributed by atoms with Gasteiger partial charge in [-0.3, -0.25) is 4.79 Å². The quantitative estimate of drug-likeness (QED) is 0.886. The SMILES string of the molecule is CC(C)CNC(=O)c1ccc(N2CCCC2)cn1. The first kappa shape index (κ1) is 12.9. The zero-order valence-electron chi connectivity index (χ0n) is 11.1. The van der Waals surface area contributed by atoms with Crippen LogP contribution in [0, 0.1) is 5.92 Å². The largest absolute Gasteiger partial charge is 0.370 e. The van der Waals surface area contributed by atoms with Gasteiger partial charge in [0.25, 0.3) is 5.91 Å². The molecule has 0 aliphatic carbocycles. The van der Waals surface area contributed by atoms with Gasteiger partial charge in [0.2, 0.25) is 0 Å². The minimum absolute atomic E-state index is 0.0864. The van der Waals surface area contributed by atoms with Gasteiger partial charge in [-0.25, -0.2) is 4.98 Å². The van der Waals surface area contributed by atoms with E-state index in [-0.39, 0.29) is 5.91 Å². The number of carbonyl (C=O) groups is 1. The summed E-state index contributed by atoms with van der Waals surface area (Å²) in [6.07, 6.45) is 4.29. The lowest BCUT2D eigenvalue weighted by atomic mass is 10.2. The fourth-order valence-electron chi connectivity index (χ4n) is 2.07. The Labute approximate surface area is 108 Å². The first-order chi connectivity index (χ1) is 8.66. The lowest BCUT2D eigenvalue weighted by Crippen LogP contribution is -2.28. The molecular formula is C14H21N3O. The summed E-state index contributed by atoms with van der Waals surface area (Å²) in [4.78, 5) is 18.4. The molecule has 2 rings (SSSR count). The van der Waals surface area contributed by atoms with Gasteiger partial charge in [0, 0.05) is 19.6 Å². The topological polar surface area (TPSA) is 45.2 Å². The van der Waals surface area contributed by atoms with Crippen LogP contribution < -0.4 is 10.2 Å². The smallest absolute Gasteiger partial charge is 0.269 e. The Balaban J connectivity index is 1.96. The molecule has 0 unspecified atom stereocenters. The number of pyridine rings is 1. The number of carbonyl (C=O) groups excluding carboxylic acids is 1. The Morgan fingerprint density at radius 3 is 2.67 bits per heavy atom. The highest BCUT2D eigenvalue weighted by Gasteiger charge is 2.13.